The van der Waals surface area contributed by atoms with E-state index in [2.05, 4.69) is 0 Å². The fourth-order valence-electron chi connectivity index (χ4n) is 8.50. The number of methoxy groups -OCH3 is 1. The summed E-state index contributed by atoms with van der Waals surface area (Å²) in [5, 5.41) is 58.2. The van der Waals surface area contributed by atoms with Gasteiger partial charge < -0.3 is 64.6 Å². The largest absolute Gasteiger partial charge is 0.459 e. The van der Waals surface area contributed by atoms with E-state index in [1.807, 2.05) is 6.92 Å². The molecule has 3 rings (SSSR count). The molecule has 14 heteroatoms. The van der Waals surface area contributed by atoms with Crippen molar-refractivity contribution in [2.45, 2.75) is 185 Å². The van der Waals surface area contributed by atoms with Crippen molar-refractivity contribution >= 4 is 5.97 Å². The van der Waals surface area contributed by atoms with Crippen LogP contribution in [0, 0.1) is 23.7 Å². The molecule has 0 spiro atoms. The van der Waals surface area contributed by atoms with E-state index in [4.69, 9.17) is 38.3 Å². The van der Waals surface area contributed by atoms with Gasteiger partial charge in [0.1, 0.15) is 23.9 Å². The number of aliphatic hydroxyl groups excluding tert-OH is 3. The highest BCUT2D eigenvalue weighted by molar-refractivity contribution is 5.73. The zero-order chi connectivity index (χ0) is 41.5. The van der Waals surface area contributed by atoms with Gasteiger partial charge in [0.15, 0.2) is 12.6 Å². The van der Waals surface area contributed by atoms with Crippen molar-refractivity contribution in [3.63, 3.8) is 0 Å². The third-order valence-electron chi connectivity index (χ3n) is 12.0. The summed E-state index contributed by atoms with van der Waals surface area (Å²) >= 11 is 0. The summed E-state index contributed by atoms with van der Waals surface area (Å²) in [7, 11) is 2.86. The van der Waals surface area contributed by atoms with Crippen molar-refractivity contribution < 1.29 is 62.9 Å². The first kappa shape index (κ1) is 39.7. The molecule has 0 radical (unpaired) electrons. The second kappa shape index (κ2) is 17.2. The topological polar surface area (TPSA) is 203 Å². The fourth-order valence-corrected chi connectivity index (χ4v) is 8.50. The number of carbonyl (C=O) groups is 1. The van der Waals surface area contributed by atoms with E-state index in [1.54, 1.807) is 48.5 Å². The molecule has 1 unspecified atom stereocenters. The van der Waals surface area contributed by atoms with Crippen LogP contribution in [0.4, 0.5) is 0 Å². The molecular formula is C37H70N2O12. The number of aliphatic hydroxyl groups is 5. The zero-order valence-electron chi connectivity index (χ0n) is 35.7. The Morgan fingerprint density at radius 3 is 2.18 bits per heavy atom. The molecule has 300 valence electrons. The van der Waals surface area contributed by atoms with Crippen LogP contribution in [0.25, 0.3) is 0 Å². The number of ether oxygens (including phenoxy) is 6. The van der Waals surface area contributed by atoms with Crippen molar-refractivity contribution in [1.82, 2.24) is 4.90 Å². The van der Waals surface area contributed by atoms with Gasteiger partial charge in [0.25, 0.3) is 0 Å². The highest BCUT2D eigenvalue weighted by atomic mass is 16.7. The maximum absolute atomic E-state index is 14.2. The molecule has 0 aliphatic carbocycles. The molecule has 3 saturated heterocycles. The maximum Gasteiger partial charge on any atom is 0.311 e. The Kier molecular flexibility index (Phi) is 13.4. The number of hydrogen-bond acceptors (Lipinski definition) is 14. The van der Waals surface area contributed by atoms with Gasteiger partial charge in [-0.3, -0.25) is 4.79 Å². The Morgan fingerprint density at radius 2 is 1.61 bits per heavy atom. The van der Waals surface area contributed by atoms with Crippen LogP contribution in [0.1, 0.15) is 99.0 Å². The van der Waals surface area contributed by atoms with Crippen molar-refractivity contribution in [2.75, 3.05) is 21.1 Å². The molecule has 0 bridgehead atoms. The van der Waals surface area contributed by atoms with Crippen LogP contribution < -0.4 is 5.73 Å². The molecule has 0 amide bonds. The average molecular weight is 739 g/mol. The van der Waals surface area contributed by atoms with Crippen molar-refractivity contribution in [3.8, 4) is 0 Å². The third-order valence-corrected chi connectivity index (χ3v) is 12.0. The molecule has 0 aromatic rings. The van der Waals surface area contributed by atoms with Gasteiger partial charge in [-0.25, -0.2) is 0 Å². The second-order valence-corrected chi connectivity index (χ2v) is 16.4. The van der Waals surface area contributed by atoms with E-state index in [-0.39, 0.29) is 25.7 Å². The number of rotatable bonds is 7. The summed E-state index contributed by atoms with van der Waals surface area (Å²) in [6.45, 7) is 14.0. The minimum Gasteiger partial charge on any atom is -0.459 e. The van der Waals surface area contributed by atoms with Gasteiger partial charge in [0, 0.05) is 41.6 Å². The predicted octanol–water partition coefficient (Wildman–Crippen LogP) is 1.54. The lowest BCUT2D eigenvalue weighted by atomic mass is 9.72. The number of cyclic esters (lactones) is 1. The molecular weight excluding hydrogens is 665 g/mol. The van der Waals surface area contributed by atoms with Crippen molar-refractivity contribution in [3.05, 3.63) is 0 Å². The van der Waals surface area contributed by atoms with Crippen molar-refractivity contribution in [1.29, 1.82) is 0 Å². The third kappa shape index (κ3) is 9.63. The monoisotopic (exact) mass is 739 g/mol. The minimum absolute atomic E-state index is 0.00694. The van der Waals surface area contributed by atoms with Gasteiger partial charge in [-0.1, -0.05) is 27.7 Å². The summed E-state index contributed by atoms with van der Waals surface area (Å²) in [5.74, 6) is -3.98. The summed E-state index contributed by atoms with van der Waals surface area (Å²) < 4.78 is 61.0. The van der Waals surface area contributed by atoms with Gasteiger partial charge >= 0.3 is 5.97 Å². The molecule has 3 aliphatic rings. The maximum atomic E-state index is 14.2. The lowest BCUT2D eigenvalue weighted by Gasteiger charge is -2.49. The molecule has 14 nitrogen and oxygen atoms in total. The number of esters is 1. The van der Waals surface area contributed by atoms with Crippen LogP contribution in [0.15, 0.2) is 0 Å². The van der Waals surface area contributed by atoms with Crippen LogP contribution >= 0.6 is 0 Å². The SMILES string of the molecule is [2H][13C]([2H])([2H])N(C)[C@H]1C[C@@H](C)O[C@@H](O[C@@H]2[C@@H](C)[C@H](O[C@H]3C[C@@](C)(OC)[C@@H](O)[C@H](C)O3)[C@@H](C)C(=O)O[C@H](CC)[C@@](C)(O)[C@H](O)[C@@H](C)[C@@H](N)[C@H](C)CC2(C)O)[C@@H]1O. The highest BCUT2D eigenvalue weighted by Gasteiger charge is 2.53. The van der Waals surface area contributed by atoms with Gasteiger partial charge in [0.2, 0.25) is 0 Å². The molecule has 19 atom stereocenters. The molecule has 0 saturated carbocycles. The lowest BCUT2D eigenvalue weighted by Crippen LogP contribution is -2.62. The Balaban J connectivity index is 2.19. The number of carbonyl (C=O) groups excluding carboxylic acids is 1. The number of nitrogens with two attached hydrogens (primary N) is 1. The summed E-state index contributed by atoms with van der Waals surface area (Å²) in [6, 6.07) is -1.66. The number of hydrogen-bond donors (Lipinski definition) is 6. The summed E-state index contributed by atoms with van der Waals surface area (Å²) in [4.78, 5) is 15.3. The van der Waals surface area contributed by atoms with Gasteiger partial charge in [0.05, 0.1) is 47.6 Å². The summed E-state index contributed by atoms with van der Waals surface area (Å²) in [6.07, 6.45) is -10.7. The quantitative estimate of drug-likeness (QED) is 0.162. The standard InChI is InChI=1S/C37H70N2O12/c1-14-25-37(10,45)30(41)20(4)27(38)18(2)16-35(8,44)32(51-34-28(40)24(39(11)12)15-19(3)47-34)21(5)29(22(6)33(43)49-25)50-26-17-36(9,46-13)31(42)23(7)48-26/h18-32,34,40-42,44-45H,14-17,38H2,1-13H3/t18-,19-,20+,21+,22-,23+,24+,25-,26+,27+,28-,29+,30-,31+,32-,34+,35?,36-,37-/m1/s1/i11+1D3. The van der Waals surface area contributed by atoms with E-state index >= 15 is 0 Å². The molecule has 7 N–H and O–H groups in total. The van der Waals surface area contributed by atoms with E-state index in [9.17, 15) is 30.3 Å². The first-order valence-corrected chi connectivity index (χ1v) is 18.5. The van der Waals surface area contributed by atoms with Crippen LogP contribution in [0.2, 0.25) is 0 Å². The molecule has 0 aromatic heterocycles. The number of likely N-dealkylation sites (N-methyl/N-ethyl adjacent to an activating group) is 1. The molecule has 0 aromatic carbocycles. The fraction of sp³-hybridized carbons (Fsp3) is 0.973. The summed E-state index contributed by atoms with van der Waals surface area (Å²) in [5.41, 5.74) is 1.96. The lowest BCUT2D eigenvalue weighted by molar-refractivity contribution is -0.318. The second-order valence-electron chi connectivity index (χ2n) is 16.4. The van der Waals surface area contributed by atoms with Gasteiger partial charge in [-0.15, -0.1) is 0 Å². The van der Waals surface area contributed by atoms with Gasteiger partial charge in [-0.05, 0) is 80.7 Å². The number of nitrogens with zero attached hydrogens (tertiary/aromatic N) is 1. The van der Waals surface area contributed by atoms with Crippen molar-refractivity contribution in [2.24, 2.45) is 29.4 Å². The Hall–Kier alpha value is -1.01. The smallest absolute Gasteiger partial charge is 0.311 e. The van der Waals surface area contributed by atoms with Crippen LogP contribution in [0.5, 0.6) is 0 Å². The van der Waals surface area contributed by atoms with E-state index in [1.165, 1.54) is 28.0 Å². The highest BCUT2D eigenvalue weighted by Crippen LogP contribution is 2.41. The molecule has 3 aliphatic heterocycles. The van der Waals surface area contributed by atoms with Crippen LogP contribution in [0.3, 0.4) is 0 Å². The van der Waals surface area contributed by atoms with Gasteiger partial charge in [-0.2, -0.15) is 0 Å². The Morgan fingerprint density at radius 1 is 0.980 bits per heavy atom. The first-order chi connectivity index (χ1) is 24.6. The predicted molar refractivity (Wildman–Crippen MR) is 189 cm³/mol. The van der Waals surface area contributed by atoms with E-state index in [0.29, 0.717) is 0 Å². The average Bonchev–Trinajstić information content (AvgIpc) is 3.08. The zero-order valence-corrected chi connectivity index (χ0v) is 32.7. The minimum atomic E-state index is -2.53. The molecule has 3 heterocycles. The Labute approximate surface area is 309 Å². The van der Waals surface area contributed by atoms with Crippen LogP contribution in [-0.4, -0.2) is 148 Å². The molecule has 51 heavy (non-hydrogen) atoms. The normalized spacial score (nSPS) is 52.3. The first-order valence-electron chi connectivity index (χ1n) is 20.0. The van der Waals surface area contributed by atoms with E-state index < -0.39 is 127 Å². The van der Waals surface area contributed by atoms with E-state index in [0.717, 1.165) is 4.90 Å². The Bertz CT molecular complexity index is 1230. The van der Waals surface area contributed by atoms with Crippen LogP contribution in [-0.2, 0) is 33.2 Å². The molecule has 3 fully saturated rings.